The average Bonchev–Trinajstić information content (AvgIpc) is 2.46. The number of benzene rings is 2. The van der Waals surface area contributed by atoms with Crippen LogP contribution < -0.4 is 0 Å². The largest absolute Gasteiger partial charge is 0.507 e. The first kappa shape index (κ1) is 13.7. The highest BCUT2D eigenvalue weighted by Crippen LogP contribution is 2.21. The van der Waals surface area contributed by atoms with E-state index in [0.29, 0.717) is 12.1 Å². The van der Waals surface area contributed by atoms with E-state index in [1.807, 2.05) is 30.3 Å². The summed E-state index contributed by atoms with van der Waals surface area (Å²) in [6, 6.07) is 13.8. The van der Waals surface area contributed by atoms with Crippen LogP contribution in [0.15, 0.2) is 53.5 Å². The molecule has 0 unspecified atom stereocenters. The van der Waals surface area contributed by atoms with Crippen molar-refractivity contribution in [3.8, 4) is 5.75 Å². The van der Waals surface area contributed by atoms with Gasteiger partial charge in [-0.25, -0.2) is 0 Å². The quantitative estimate of drug-likeness (QED) is 0.515. The fourth-order valence-corrected chi connectivity index (χ4v) is 1.76. The highest BCUT2D eigenvalue weighted by Gasteiger charge is 2.08. The van der Waals surface area contributed by atoms with Gasteiger partial charge in [0.15, 0.2) is 0 Å². The summed E-state index contributed by atoms with van der Waals surface area (Å²) in [6.07, 6.45) is 2.25. The van der Waals surface area contributed by atoms with Crippen molar-refractivity contribution in [3.05, 3.63) is 69.8 Å². The molecule has 0 heterocycles. The van der Waals surface area contributed by atoms with Crippen LogP contribution in [0.25, 0.3) is 0 Å². The zero-order valence-corrected chi connectivity index (χ0v) is 10.8. The molecule has 0 saturated heterocycles. The number of nitrogens with zero attached hydrogens (tertiary/aromatic N) is 2. The first-order chi connectivity index (χ1) is 9.66. The Kier molecular flexibility index (Phi) is 4.44. The molecule has 5 heteroatoms. The van der Waals surface area contributed by atoms with Gasteiger partial charge in [-0.05, 0) is 18.1 Å². The van der Waals surface area contributed by atoms with Gasteiger partial charge in [-0.15, -0.1) is 0 Å². The minimum absolute atomic E-state index is 0.0148. The van der Waals surface area contributed by atoms with E-state index in [9.17, 15) is 15.2 Å². The Hall–Kier alpha value is -2.69. The molecule has 0 fully saturated rings. The fraction of sp³-hybridized carbons (Fsp3) is 0.133. The second-order valence-corrected chi connectivity index (χ2v) is 4.27. The van der Waals surface area contributed by atoms with Crippen LogP contribution in [-0.4, -0.2) is 22.8 Å². The number of phenolic OH excluding ortho intramolecular Hbond substituents is 1. The Morgan fingerprint density at radius 2 is 1.95 bits per heavy atom. The Labute approximate surface area is 116 Å². The summed E-state index contributed by atoms with van der Waals surface area (Å²) in [6.45, 7) is 0.562. The maximum Gasteiger partial charge on any atom is 0.270 e. The highest BCUT2D eigenvalue weighted by atomic mass is 16.6. The van der Waals surface area contributed by atoms with Gasteiger partial charge in [-0.1, -0.05) is 30.3 Å². The molecule has 0 amide bonds. The number of nitro benzene ring substituents is 1. The van der Waals surface area contributed by atoms with Crippen LogP contribution in [-0.2, 0) is 6.42 Å². The zero-order valence-electron chi connectivity index (χ0n) is 10.8. The summed E-state index contributed by atoms with van der Waals surface area (Å²) in [5.74, 6) is -0.0148. The molecular weight excluding hydrogens is 256 g/mol. The highest BCUT2D eigenvalue weighted by molar-refractivity contribution is 5.84. The molecule has 20 heavy (non-hydrogen) atoms. The monoisotopic (exact) mass is 270 g/mol. The van der Waals surface area contributed by atoms with E-state index in [0.717, 1.165) is 6.42 Å². The third kappa shape index (κ3) is 3.65. The van der Waals surface area contributed by atoms with E-state index in [4.69, 9.17) is 0 Å². The van der Waals surface area contributed by atoms with Gasteiger partial charge in [-0.3, -0.25) is 15.1 Å². The Morgan fingerprint density at radius 1 is 1.20 bits per heavy atom. The molecule has 0 radical (unpaired) electrons. The lowest BCUT2D eigenvalue weighted by molar-refractivity contribution is -0.384. The van der Waals surface area contributed by atoms with Crippen LogP contribution in [0.3, 0.4) is 0 Å². The van der Waals surface area contributed by atoms with E-state index in [-0.39, 0.29) is 11.4 Å². The van der Waals surface area contributed by atoms with Gasteiger partial charge >= 0.3 is 0 Å². The lowest BCUT2D eigenvalue weighted by atomic mass is 10.1. The predicted octanol–water partition coefficient (Wildman–Crippen LogP) is 2.96. The second kappa shape index (κ2) is 6.47. The molecule has 2 aromatic carbocycles. The fourth-order valence-electron chi connectivity index (χ4n) is 1.76. The predicted molar refractivity (Wildman–Crippen MR) is 77.4 cm³/mol. The number of rotatable bonds is 5. The van der Waals surface area contributed by atoms with Crippen molar-refractivity contribution in [1.82, 2.24) is 0 Å². The lowest BCUT2D eigenvalue weighted by Gasteiger charge is -1.99. The molecule has 0 spiro atoms. The second-order valence-electron chi connectivity index (χ2n) is 4.27. The van der Waals surface area contributed by atoms with Crippen molar-refractivity contribution in [2.75, 3.05) is 6.54 Å². The Balaban J connectivity index is 2.00. The van der Waals surface area contributed by atoms with E-state index < -0.39 is 4.92 Å². The SMILES string of the molecule is O=[N+]([O-])c1ccc(O)c(C=NCCc2ccccc2)c1. The van der Waals surface area contributed by atoms with E-state index >= 15 is 0 Å². The maximum absolute atomic E-state index is 10.7. The average molecular weight is 270 g/mol. The molecule has 102 valence electrons. The summed E-state index contributed by atoms with van der Waals surface area (Å²) in [4.78, 5) is 14.4. The van der Waals surface area contributed by atoms with Gasteiger partial charge in [0.2, 0.25) is 0 Å². The number of aromatic hydroxyl groups is 1. The smallest absolute Gasteiger partial charge is 0.270 e. The van der Waals surface area contributed by atoms with Gasteiger partial charge in [-0.2, -0.15) is 0 Å². The van der Waals surface area contributed by atoms with E-state index in [1.165, 1.54) is 30.0 Å². The minimum Gasteiger partial charge on any atom is -0.507 e. The van der Waals surface area contributed by atoms with Crippen LogP contribution >= 0.6 is 0 Å². The summed E-state index contributed by atoms with van der Waals surface area (Å²) in [7, 11) is 0. The van der Waals surface area contributed by atoms with Crippen LogP contribution in [0, 0.1) is 10.1 Å². The molecule has 0 bridgehead atoms. The van der Waals surface area contributed by atoms with Crippen LogP contribution in [0.4, 0.5) is 5.69 Å². The number of phenols is 1. The maximum atomic E-state index is 10.7. The molecular formula is C15H14N2O3. The van der Waals surface area contributed by atoms with Gasteiger partial charge < -0.3 is 5.11 Å². The number of nitro groups is 1. The first-order valence-electron chi connectivity index (χ1n) is 6.18. The van der Waals surface area contributed by atoms with Crippen molar-refractivity contribution in [3.63, 3.8) is 0 Å². The zero-order chi connectivity index (χ0) is 14.4. The topological polar surface area (TPSA) is 75.7 Å². The molecule has 0 saturated carbocycles. The number of aliphatic imine (C=N–C) groups is 1. The van der Waals surface area contributed by atoms with Crippen molar-refractivity contribution in [2.24, 2.45) is 4.99 Å². The van der Waals surface area contributed by atoms with Crippen molar-refractivity contribution >= 4 is 11.9 Å². The third-order valence-electron chi connectivity index (χ3n) is 2.82. The van der Waals surface area contributed by atoms with Crippen molar-refractivity contribution in [2.45, 2.75) is 6.42 Å². The van der Waals surface area contributed by atoms with Crippen LogP contribution in [0.1, 0.15) is 11.1 Å². The molecule has 2 aromatic rings. The molecule has 2 rings (SSSR count). The van der Waals surface area contributed by atoms with Gasteiger partial charge in [0.05, 0.1) is 4.92 Å². The number of hydrogen-bond donors (Lipinski definition) is 1. The van der Waals surface area contributed by atoms with E-state index in [1.54, 1.807) is 0 Å². The Morgan fingerprint density at radius 3 is 2.65 bits per heavy atom. The summed E-state index contributed by atoms with van der Waals surface area (Å²) < 4.78 is 0. The standard InChI is InChI=1S/C15H14N2O3/c18-15-7-6-14(17(19)20)10-13(15)11-16-9-8-12-4-2-1-3-5-12/h1-7,10-11,18H,8-9H2. The third-order valence-corrected chi connectivity index (χ3v) is 2.82. The molecule has 1 N–H and O–H groups in total. The summed E-state index contributed by atoms with van der Waals surface area (Å²) in [5, 5.41) is 20.3. The van der Waals surface area contributed by atoms with Crippen molar-refractivity contribution < 1.29 is 10.0 Å². The normalized spacial score (nSPS) is 10.8. The summed E-state index contributed by atoms with van der Waals surface area (Å²) in [5.41, 5.74) is 1.47. The molecule has 0 atom stereocenters. The Bertz CT molecular complexity index is 624. The number of non-ortho nitro benzene ring substituents is 1. The molecule has 0 aliphatic carbocycles. The molecule has 0 aliphatic heterocycles. The molecule has 0 aromatic heterocycles. The van der Waals surface area contributed by atoms with Gasteiger partial charge in [0.25, 0.3) is 5.69 Å². The van der Waals surface area contributed by atoms with Crippen molar-refractivity contribution in [1.29, 1.82) is 0 Å². The van der Waals surface area contributed by atoms with Gasteiger partial charge in [0.1, 0.15) is 5.75 Å². The lowest BCUT2D eigenvalue weighted by Crippen LogP contribution is -1.93. The summed E-state index contributed by atoms with van der Waals surface area (Å²) >= 11 is 0. The molecule has 5 nitrogen and oxygen atoms in total. The molecule has 0 aliphatic rings. The van der Waals surface area contributed by atoms with Crippen LogP contribution in [0.5, 0.6) is 5.75 Å². The van der Waals surface area contributed by atoms with E-state index in [2.05, 4.69) is 4.99 Å². The van der Waals surface area contributed by atoms with Crippen LogP contribution in [0.2, 0.25) is 0 Å². The van der Waals surface area contributed by atoms with Gasteiger partial charge in [0, 0.05) is 30.5 Å². The first-order valence-corrected chi connectivity index (χ1v) is 6.18. The number of hydrogen-bond acceptors (Lipinski definition) is 4. The minimum atomic E-state index is -0.499.